The van der Waals surface area contributed by atoms with Crippen LogP contribution in [0.25, 0.3) is 11.0 Å². The molecule has 1 fully saturated rings. The minimum atomic E-state index is -0.514. The Hall–Kier alpha value is -4.99. The third-order valence-electron chi connectivity index (χ3n) is 8.40. The van der Waals surface area contributed by atoms with Crippen LogP contribution in [0.1, 0.15) is 45.7 Å². The number of nitrogens with zero attached hydrogens (tertiary/aromatic N) is 1. The standard InChI is InChI=1S/C35H37N3O7/c1-21-4-11-26-22(2)34(45-30(26)16-21)35(41)38-15-14-28-27(19-38)37-33(40)20-43-29-12-7-23(17-31(29)42-3)8-13-32(39)36-18-24-5-9-25(44-28)10-6-24/h4-7,9-12,16-17,27-28H,8,13-15,18-20H2,1-3H3,(H,36,39)(H,37,40)/t27-,28-/m1/s1. The number of amides is 3. The fourth-order valence-corrected chi connectivity index (χ4v) is 5.86. The first kappa shape index (κ1) is 30.1. The van der Waals surface area contributed by atoms with Crippen molar-refractivity contribution >= 4 is 28.7 Å². The van der Waals surface area contributed by atoms with E-state index < -0.39 is 12.1 Å². The summed E-state index contributed by atoms with van der Waals surface area (Å²) in [6, 6.07) is 18.3. The van der Waals surface area contributed by atoms with Crippen molar-refractivity contribution in [2.24, 2.45) is 0 Å². The largest absolute Gasteiger partial charge is 0.493 e. The van der Waals surface area contributed by atoms with Gasteiger partial charge in [0.15, 0.2) is 23.9 Å². The number of fused-ring (bicyclic) bond motifs is 1. The van der Waals surface area contributed by atoms with Crippen LogP contribution in [0.4, 0.5) is 0 Å². The Kier molecular flexibility index (Phi) is 8.64. The molecule has 0 radical (unpaired) electrons. The zero-order valence-electron chi connectivity index (χ0n) is 25.7. The van der Waals surface area contributed by atoms with Gasteiger partial charge in [0.25, 0.3) is 11.8 Å². The van der Waals surface area contributed by atoms with Gasteiger partial charge in [-0.2, -0.15) is 0 Å². The molecular weight excluding hydrogens is 574 g/mol. The molecule has 1 saturated heterocycles. The van der Waals surface area contributed by atoms with E-state index >= 15 is 0 Å². The van der Waals surface area contributed by atoms with Gasteiger partial charge in [0, 0.05) is 43.4 Å². The molecule has 9 rings (SSSR count). The van der Waals surface area contributed by atoms with Crippen LogP contribution in [0.5, 0.6) is 17.2 Å². The number of carbonyl (C=O) groups excluding carboxylic acids is 3. The number of likely N-dealkylation sites (tertiary alicyclic amines) is 1. The molecule has 0 spiro atoms. The highest BCUT2D eigenvalue weighted by atomic mass is 16.5. The number of nitrogens with one attached hydrogen (secondary N) is 2. The Labute approximate surface area is 261 Å². The molecule has 5 aliphatic rings. The zero-order valence-corrected chi connectivity index (χ0v) is 25.7. The number of hydrogen-bond donors (Lipinski definition) is 2. The molecule has 3 amide bonds. The molecule has 4 aromatic rings. The van der Waals surface area contributed by atoms with E-state index in [1.165, 1.54) is 7.11 Å². The summed E-state index contributed by atoms with van der Waals surface area (Å²) >= 11 is 0. The second kappa shape index (κ2) is 12.9. The average Bonchev–Trinajstić information content (AvgIpc) is 3.37. The lowest BCUT2D eigenvalue weighted by Crippen LogP contribution is -2.58. The van der Waals surface area contributed by atoms with E-state index in [0.29, 0.717) is 60.9 Å². The molecule has 45 heavy (non-hydrogen) atoms. The fourth-order valence-electron chi connectivity index (χ4n) is 5.86. The van der Waals surface area contributed by atoms with Crippen LogP contribution in [0.2, 0.25) is 0 Å². The molecule has 2 atom stereocenters. The Balaban J connectivity index is 1.25. The summed E-state index contributed by atoms with van der Waals surface area (Å²) in [5.74, 6) is 1.18. The number of hydrogen-bond acceptors (Lipinski definition) is 7. The molecular formula is C35H37N3O7. The maximum atomic E-state index is 13.7. The van der Waals surface area contributed by atoms with Crippen LogP contribution >= 0.6 is 0 Å². The predicted molar refractivity (Wildman–Crippen MR) is 168 cm³/mol. The van der Waals surface area contributed by atoms with Gasteiger partial charge in [-0.15, -0.1) is 0 Å². The van der Waals surface area contributed by atoms with Crippen molar-refractivity contribution in [2.75, 3.05) is 26.8 Å². The number of aryl methyl sites for hydroxylation is 3. The number of methoxy groups -OCH3 is 1. The van der Waals surface area contributed by atoms with Gasteiger partial charge < -0.3 is 34.2 Å². The molecule has 1 aromatic heterocycles. The van der Waals surface area contributed by atoms with E-state index in [-0.39, 0.29) is 30.9 Å². The van der Waals surface area contributed by atoms with Crippen molar-refractivity contribution in [1.82, 2.24) is 15.5 Å². The quantitative estimate of drug-likeness (QED) is 0.343. The van der Waals surface area contributed by atoms with Gasteiger partial charge in [0.05, 0.1) is 13.2 Å². The first-order valence-electron chi connectivity index (χ1n) is 15.2. The molecule has 2 N–H and O–H groups in total. The molecule has 0 aliphatic carbocycles. The summed E-state index contributed by atoms with van der Waals surface area (Å²) in [5, 5.41) is 6.92. The van der Waals surface area contributed by atoms with Gasteiger partial charge in [-0.3, -0.25) is 14.4 Å². The van der Waals surface area contributed by atoms with Gasteiger partial charge >= 0.3 is 0 Å². The number of benzene rings is 3. The first-order valence-corrected chi connectivity index (χ1v) is 15.2. The Bertz CT molecular complexity index is 1730. The summed E-state index contributed by atoms with van der Waals surface area (Å²) < 4.78 is 23.7. The van der Waals surface area contributed by atoms with Gasteiger partial charge in [0.2, 0.25) is 5.91 Å². The molecule has 3 aromatic carbocycles. The maximum Gasteiger partial charge on any atom is 0.289 e. The highest BCUT2D eigenvalue weighted by Gasteiger charge is 2.36. The lowest BCUT2D eigenvalue weighted by molar-refractivity contribution is -0.125. The van der Waals surface area contributed by atoms with E-state index in [2.05, 4.69) is 10.6 Å². The number of rotatable bonds is 2. The van der Waals surface area contributed by atoms with E-state index in [1.807, 2.05) is 68.4 Å². The number of piperidine rings is 1. The molecule has 10 heteroatoms. The Morgan fingerprint density at radius 1 is 0.956 bits per heavy atom. The van der Waals surface area contributed by atoms with Gasteiger partial charge in [-0.05, 0) is 67.3 Å². The van der Waals surface area contributed by atoms with Crippen molar-refractivity contribution in [3.63, 3.8) is 0 Å². The highest BCUT2D eigenvalue weighted by molar-refractivity contribution is 5.99. The molecule has 234 valence electrons. The van der Waals surface area contributed by atoms with Crippen LogP contribution < -0.4 is 24.8 Å². The second-order valence-electron chi connectivity index (χ2n) is 11.6. The van der Waals surface area contributed by atoms with Crippen molar-refractivity contribution in [1.29, 1.82) is 0 Å². The highest BCUT2D eigenvalue weighted by Crippen LogP contribution is 2.30. The van der Waals surface area contributed by atoms with Crippen LogP contribution in [0.15, 0.2) is 65.1 Å². The molecule has 4 bridgehead atoms. The lowest BCUT2D eigenvalue weighted by atomic mass is 10.0. The fraction of sp³-hybridized carbons (Fsp3) is 0.343. The zero-order chi connectivity index (χ0) is 31.5. The second-order valence-corrected chi connectivity index (χ2v) is 11.6. The van der Waals surface area contributed by atoms with E-state index in [1.54, 1.807) is 11.0 Å². The Morgan fingerprint density at radius 2 is 1.76 bits per heavy atom. The summed E-state index contributed by atoms with van der Waals surface area (Å²) in [7, 11) is 1.53. The van der Waals surface area contributed by atoms with E-state index in [9.17, 15) is 14.4 Å². The summed E-state index contributed by atoms with van der Waals surface area (Å²) in [5.41, 5.74) is 4.37. The normalized spacial score (nSPS) is 19.2. The molecule has 0 saturated carbocycles. The van der Waals surface area contributed by atoms with Gasteiger partial charge in [-0.25, -0.2) is 0 Å². The van der Waals surface area contributed by atoms with Gasteiger partial charge in [0.1, 0.15) is 17.4 Å². The van der Waals surface area contributed by atoms with E-state index in [4.69, 9.17) is 18.6 Å². The summed E-state index contributed by atoms with van der Waals surface area (Å²) in [6.07, 6.45) is 0.942. The smallest absolute Gasteiger partial charge is 0.289 e. The van der Waals surface area contributed by atoms with E-state index in [0.717, 1.165) is 27.6 Å². The van der Waals surface area contributed by atoms with Crippen molar-refractivity contribution in [2.45, 2.75) is 51.8 Å². The lowest BCUT2D eigenvalue weighted by Gasteiger charge is -2.38. The minimum Gasteiger partial charge on any atom is -0.493 e. The minimum absolute atomic E-state index is 0.0576. The van der Waals surface area contributed by atoms with Crippen LogP contribution in [0, 0.1) is 13.8 Å². The van der Waals surface area contributed by atoms with Crippen molar-refractivity contribution < 1.29 is 33.0 Å². The van der Waals surface area contributed by atoms with Crippen molar-refractivity contribution in [3.8, 4) is 17.2 Å². The number of carbonyl (C=O) groups is 3. The third kappa shape index (κ3) is 6.74. The SMILES string of the molecule is COc1cc2ccc1OCC(=O)N[C@@H]1CN(C(=O)c3oc4cc(C)ccc4c3C)CC[C@H]1Oc1ccc(cc1)CNC(=O)CC2. The summed E-state index contributed by atoms with van der Waals surface area (Å²) in [6.45, 7) is 4.66. The van der Waals surface area contributed by atoms with Crippen molar-refractivity contribution in [3.05, 3.63) is 88.7 Å². The number of ether oxygens (including phenoxy) is 3. The van der Waals surface area contributed by atoms with Gasteiger partial charge in [-0.1, -0.05) is 30.3 Å². The first-order chi connectivity index (χ1) is 21.8. The average molecular weight is 612 g/mol. The monoisotopic (exact) mass is 611 g/mol. The predicted octanol–water partition coefficient (Wildman–Crippen LogP) is 4.48. The van der Waals surface area contributed by atoms with Crippen LogP contribution in [-0.2, 0) is 22.6 Å². The molecule has 10 nitrogen and oxygen atoms in total. The third-order valence-corrected chi connectivity index (χ3v) is 8.40. The maximum absolute atomic E-state index is 13.7. The Morgan fingerprint density at radius 3 is 2.56 bits per heavy atom. The molecule has 6 heterocycles. The van der Waals surface area contributed by atoms with Crippen LogP contribution in [0.3, 0.4) is 0 Å². The summed E-state index contributed by atoms with van der Waals surface area (Å²) in [4.78, 5) is 41.2. The molecule has 5 aliphatic heterocycles. The number of furan rings is 1. The topological polar surface area (TPSA) is 119 Å². The van der Waals surface area contributed by atoms with Crippen LogP contribution in [-0.4, -0.2) is 61.6 Å². The molecule has 0 unspecified atom stereocenters.